The summed E-state index contributed by atoms with van der Waals surface area (Å²) in [4.78, 5) is 24.8. The van der Waals surface area contributed by atoms with Crippen LogP contribution in [0.5, 0.6) is 0 Å². The molecule has 1 aromatic carbocycles. The number of carbonyl (C=O) groups is 2. The number of carboxylic acid groups (broad SMARTS) is 1. The third kappa shape index (κ3) is 3.21. The van der Waals surface area contributed by atoms with Crippen LogP contribution in [0.25, 0.3) is 5.69 Å². The van der Waals surface area contributed by atoms with Crippen molar-refractivity contribution in [3.63, 3.8) is 0 Å². The second kappa shape index (κ2) is 6.17. The van der Waals surface area contributed by atoms with Gasteiger partial charge in [-0.15, -0.1) is 0 Å². The van der Waals surface area contributed by atoms with E-state index in [1.54, 1.807) is 18.3 Å². The molecule has 0 radical (unpaired) electrons. The van der Waals surface area contributed by atoms with E-state index in [1.165, 1.54) is 27.8 Å². The van der Waals surface area contributed by atoms with E-state index in [9.17, 15) is 14.0 Å². The average Bonchev–Trinajstić information content (AvgIpc) is 3.04. The van der Waals surface area contributed by atoms with Crippen LogP contribution in [-0.4, -0.2) is 57.5 Å². The number of aromatic nitrogens is 2. The van der Waals surface area contributed by atoms with Crippen molar-refractivity contribution < 1.29 is 23.8 Å². The largest absolute Gasteiger partial charge is 0.479 e. The zero-order chi connectivity index (χ0) is 16.4. The molecule has 23 heavy (non-hydrogen) atoms. The molecule has 2 aromatic rings. The highest BCUT2D eigenvalue weighted by Gasteiger charge is 2.30. The Balaban J connectivity index is 1.77. The molecule has 1 N–H and O–H groups in total. The van der Waals surface area contributed by atoms with Crippen LogP contribution in [0.3, 0.4) is 0 Å². The van der Waals surface area contributed by atoms with Gasteiger partial charge in [-0.2, -0.15) is 5.10 Å². The first-order valence-corrected chi connectivity index (χ1v) is 7.00. The van der Waals surface area contributed by atoms with Crippen molar-refractivity contribution >= 4 is 11.9 Å². The van der Waals surface area contributed by atoms with Gasteiger partial charge in [-0.3, -0.25) is 4.79 Å². The Bertz CT molecular complexity index is 746. The number of nitrogens with zero attached hydrogens (tertiary/aromatic N) is 3. The van der Waals surface area contributed by atoms with Gasteiger partial charge in [0.05, 0.1) is 18.8 Å². The smallest absolute Gasteiger partial charge is 0.334 e. The van der Waals surface area contributed by atoms with E-state index in [0.29, 0.717) is 12.2 Å². The van der Waals surface area contributed by atoms with Gasteiger partial charge in [-0.25, -0.2) is 13.9 Å². The monoisotopic (exact) mass is 319 g/mol. The fourth-order valence-electron chi connectivity index (χ4n) is 2.35. The summed E-state index contributed by atoms with van der Waals surface area (Å²) in [5.41, 5.74) is 0.662. The standard InChI is InChI=1S/C15H14FN3O4/c16-10-2-1-3-11(8-10)19-5-4-12(17-19)14(20)18-6-7-23-13(9-18)15(21)22/h1-5,8,13H,6-7,9H2,(H,21,22)/t13-/m0/s1. The Hall–Kier alpha value is -2.74. The molecule has 1 aromatic heterocycles. The summed E-state index contributed by atoms with van der Waals surface area (Å²) in [7, 11) is 0. The molecule has 1 fully saturated rings. The van der Waals surface area contributed by atoms with Crippen molar-refractivity contribution in [1.82, 2.24) is 14.7 Å². The normalized spacial score (nSPS) is 18.0. The number of ether oxygens (including phenoxy) is 1. The van der Waals surface area contributed by atoms with Crippen molar-refractivity contribution in [2.75, 3.05) is 19.7 Å². The molecule has 1 aliphatic heterocycles. The third-order valence-corrected chi connectivity index (χ3v) is 3.51. The topological polar surface area (TPSA) is 84.7 Å². The molecule has 0 bridgehead atoms. The molecule has 0 unspecified atom stereocenters. The maximum Gasteiger partial charge on any atom is 0.334 e. The minimum atomic E-state index is -1.10. The third-order valence-electron chi connectivity index (χ3n) is 3.51. The number of amides is 1. The summed E-state index contributed by atoms with van der Waals surface area (Å²) in [6, 6.07) is 7.35. The lowest BCUT2D eigenvalue weighted by molar-refractivity contribution is -0.154. The van der Waals surface area contributed by atoms with Crippen LogP contribution in [0.15, 0.2) is 36.5 Å². The number of benzene rings is 1. The second-order valence-electron chi connectivity index (χ2n) is 5.07. The van der Waals surface area contributed by atoms with Gasteiger partial charge in [0.25, 0.3) is 5.91 Å². The Morgan fingerprint density at radius 3 is 2.91 bits per heavy atom. The number of hydrogen-bond acceptors (Lipinski definition) is 4. The Morgan fingerprint density at radius 1 is 1.35 bits per heavy atom. The van der Waals surface area contributed by atoms with E-state index in [0.717, 1.165) is 0 Å². The Morgan fingerprint density at radius 2 is 2.17 bits per heavy atom. The van der Waals surface area contributed by atoms with Gasteiger partial charge in [0.1, 0.15) is 5.82 Å². The zero-order valence-corrected chi connectivity index (χ0v) is 12.1. The summed E-state index contributed by atoms with van der Waals surface area (Å²) >= 11 is 0. The number of carbonyl (C=O) groups excluding carboxylic acids is 1. The highest BCUT2D eigenvalue weighted by Crippen LogP contribution is 2.13. The fourth-order valence-corrected chi connectivity index (χ4v) is 2.35. The van der Waals surface area contributed by atoms with Crippen LogP contribution in [0.2, 0.25) is 0 Å². The van der Waals surface area contributed by atoms with Crippen LogP contribution < -0.4 is 0 Å². The lowest BCUT2D eigenvalue weighted by Crippen LogP contribution is -2.48. The van der Waals surface area contributed by atoms with Crippen LogP contribution >= 0.6 is 0 Å². The molecule has 3 rings (SSSR count). The molecule has 2 heterocycles. The molecule has 1 saturated heterocycles. The van der Waals surface area contributed by atoms with Crippen molar-refractivity contribution in [2.24, 2.45) is 0 Å². The predicted molar refractivity (Wildman–Crippen MR) is 76.8 cm³/mol. The van der Waals surface area contributed by atoms with Gasteiger partial charge in [0.2, 0.25) is 0 Å². The SMILES string of the molecule is O=C(O)[C@@H]1CN(C(=O)c2ccn(-c3cccc(F)c3)n2)CCO1. The van der Waals surface area contributed by atoms with E-state index in [-0.39, 0.29) is 24.8 Å². The molecule has 0 aliphatic carbocycles. The number of aliphatic carboxylic acids is 1. The van der Waals surface area contributed by atoms with Crippen LogP contribution in [0, 0.1) is 5.82 Å². The van der Waals surface area contributed by atoms with E-state index in [4.69, 9.17) is 9.84 Å². The van der Waals surface area contributed by atoms with E-state index in [2.05, 4.69) is 5.10 Å². The van der Waals surface area contributed by atoms with E-state index < -0.39 is 17.9 Å². The van der Waals surface area contributed by atoms with Gasteiger partial charge in [0.15, 0.2) is 11.8 Å². The summed E-state index contributed by atoms with van der Waals surface area (Å²) in [6.07, 6.45) is 0.523. The molecule has 1 amide bonds. The van der Waals surface area contributed by atoms with Gasteiger partial charge in [0, 0.05) is 12.7 Å². The quantitative estimate of drug-likeness (QED) is 0.910. The molecular weight excluding hydrogens is 305 g/mol. The van der Waals surface area contributed by atoms with Crippen LogP contribution in [0.1, 0.15) is 10.5 Å². The van der Waals surface area contributed by atoms with Crippen LogP contribution in [-0.2, 0) is 9.53 Å². The van der Waals surface area contributed by atoms with Crippen LogP contribution in [0.4, 0.5) is 4.39 Å². The molecule has 7 nitrogen and oxygen atoms in total. The number of hydrogen-bond donors (Lipinski definition) is 1. The first-order valence-electron chi connectivity index (χ1n) is 7.00. The number of halogens is 1. The average molecular weight is 319 g/mol. The number of rotatable bonds is 3. The van der Waals surface area contributed by atoms with Gasteiger partial charge in [-0.05, 0) is 24.3 Å². The fraction of sp³-hybridized carbons (Fsp3) is 0.267. The first kappa shape index (κ1) is 15.2. The van der Waals surface area contributed by atoms with E-state index >= 15 is 0 Å². The van der Waals surface area contributed by atoms with Crippen molar-refractivity contribution in [2.45, 2.75) is 6.10 Å². The highest BCUT2D eigenvalue weighted by atomic mass is 19.1. The summed E-state index contributed by atoms with van der Waals surface area (Å²) in [5, 5.41) is 13.1. The second-order valence-corrected chi connectivity index (χ2v) is 5.07. The maximum absolute atomic E-state index is 13.2. The number of carboxylic acids is 1. The van der Waals surface area contributed by atoms with Crippen molar-refractivity contribution in [3.8, 4) is 5.69 Å². The minimum absolute atomic E-state index is 0.0268. The number of morpholine rings is 1. The molecule has 120 valence electrons. The molecular formula is C15H14FN3O4. The molecule has 8 heteroatoms. The molecule has 1 atom stereocenters. The van der Waals surface area contributed by atoms with Crippen molar-refractivity contribution in [3.05, 3.63) is 48.0 Å². The maximum atomic E-state index is 13.2. The molecule has 0 saturated carbocycles. The van der Waals surface area contributed by atoms with Gasteiger partial charge in [-0.1, -0.05) is 6.07 Å². The molecule has 1 aliphatic rings. The first-order chi connectivity index (χ1) is 11.0. The van der Waals surface area contributed by atoms with E-state index in [1.807, 2.05) is 0 Å². The predicted octanol–water partition coefficient (Wildman–Crippen LogP) is 0.937. The lowest BCUT2D eigenvalue weighted by atomic mass is 10.2. The summed E-state index contributed by atoms with van der Waals surface area (Å²) < 4.78 is 19.7. The Labute approximate surface area is 130 Å². The summed E-state index contributed by atoms with van der Waals surface area (Å²) in [5.74, 6) is -1.88. The Kier molecular flexibility index (Phi) is 4.07. The van der Waals surface area contributed by atoms with Gasteiger partial charge >= 0.3 is 5.97 Å². The van der Waals surface area contributed by atoms with Crippen molar-refractivity contribution in [1.29, 1.82) is 0 Å². The summed E-state index contributed by atoms with van der Waals surface area (Å²) in [6.45, 7) is 0.434. The zero-order valence-electron chi connectivity index (χ0n) is 12.1. The highest BCUT2D eigenvalue weighted by molar-refractivity contribution is 5.92. The lowest BCUT2D eigenvalue weighted by Gasteiger charge is -2.30. The minimum Gasteiger partial charge on any atom is -0.479 e. The molecule has 0 spiro atoms. The van der Waals surface area contributed by atoms with Gasteiger partial charge < -0.3 is 14.7 Å².